The van der Waals surface area contributed by atoms with Crippen molar-refractivity contribution in [1.29, 1.82) is 0 Å². The van der Waals surface area contributed by atoms with E-state index in [0.717, 1.165) is 44.7 Å². The molecule has 0 bridgehead atoms. The first-order chi connectivity index (χ1) is 12.4. The van der Waals surface area contributed by atoms with E-state index in [1.54, 1.807) is 0 Å². The van der Waals surface area contributed by atoms with Gasteiger partial charge in [0.15, 0.2) is 0 Å². The van der Waals surface area contributed by atoms with E-state index in [1.165, 1.54) is 36.8 Å². The van der Waals surface area contributed by atoms with E-state index in [4.69, 9.17) is 4.74 Å². The van der Waals surface area contributed by atoms with Crippen LogP contribution in [0.25, 0.3) is 0 Å². The average Bonchev–Trinajstić information content (AvgIpc) is 2.65. The van der Waals surface area contributed by atoms with E-state index < -0.39 is 0 Å². The normalized spacial score (nSPS) is 10.8. The molecule has 1 N–H and O–H groups in total. The van der Waals surface area contributed by atoms with Crippen molar-refractivity contribution < 1.29 is 4.74 Å². The second-order valence-electron chi connectivity index (χ2n) is 6.68. The fourth-order valence-corrected chi connectivity index (χ4v) is 2.94. The highest BCUT2D eigenvalue weighted by molar-refractivity contribution is 5.28. The molecule has 2 heteroatoms. The summed E-state index contributed by atoms with van der Waals surface area (Å²) in [5.41, 5.74) is 2.71. The number of aryl methyl sites for hydroxylation is 1. The molecule has 0 saturated heterocycles. The summed E-state index contributed by atoms with van der Waals surface area (Å²) in [5.74, 6) is 0.999. The van der Waals surface area contributed by atoms with Crippen LogP contribution in [0.3, 0.4) is 0 Å². The Kier molecular flexibility index (Phi) is 9.80. The molecule has 0 atom stereocenters. The molecule has 2 aromatic carbocycles. The Morgan fingerprint density at radius 3 is 2.44 bits per heavy atom. The number of hydrogen-bond acceptors (Lipinski definition) is 2. The number of rotatable bonds is 13. The third-order valence-corrected chi connectivity index (χ3v) is 4.41. The van der Waals surface area contributed by atoms with Gasteiger partial charge in [-0.1, -0.05) is 75.1 Å². The molecule has 0 spiro atoms. The molecule has 0 amide bonds. The van der Waals surface area contributed by atoms with Crippen molar-refractivity contribution in [1.82, 2.24) is 5.32 Å². The van der Waals surface area contributed by atoms with E-state index in [1.807, 2.05) is 0 Å². The van der Waals surface area contributed by atoms with Crippen LogP contribution in [0.5, 0.6) is 5.75 Å². The van der Waals surface area contributed by atoms with Crippen molar-refractivity contribution in [2.24, 2.45) is 0 Å². The molecule has 2 rings (SSSR count). The number of benzene rings is 2. The lowest BCUT2D eigenvalue weighted by Crippen LogP contribution is -2.15. The van der Waals surface area contributed by atoms with Crippen molar-refractivity contribution in [3.05, 3.63) is 65.7 Å². The van der Waals surface area contributed by atoms with Gasteiger partial charge in [0.25, 0.3) is 0 Å². The molecule has 0 fully saturated rings. The second kappa shape index (κ2) is 12.5. The monoisotopic (exact) mass is 339 g/mol. The molecule has 0 heterocycles. The van der Waals surface area contributed by atoms with Crippen LogP contribution in [0.15, 0.2) is 54.6 Å². The fraction of sp³-hybridized carbons (Fsp3) is 0.478. The minimum atomic E-state index is 0.831. The van der Waals surface area contributed by atoms with E-state index in [0.29, 0.717) is 0 Å². The molecule has 2 aromatic rings. The van der Waals surface area contributed by atoms with Crippen LogP contribution in [0.4, 0.5) is 0 Å². The molecule has 0 radical (unpaired) electrons. The highest BCUT2D eigenvalue weighted by Crippen LogP contribution is 2.14. The molecule has 25 heavy (non-hydrogen) atoms. The predicted octanol–water partition coefficient (Wildman–Crippen LogP) is 5.76. The fourth-order valence-electron chi connectivity index (χ4n) is 2.94. The first kappa shape index (κ1) is 19.5. The maximum Gasteiger partial charge on any atom is 0.119 e. The van der Waals surface area contributed by atoms with E-state index in [-0.39, 0.29) is 0 Å². The van der Waals surface area contributed by atoms with Crippen LogP contribution >= 0.6 is 0 Å². The molecular formula is C23H33NO. The van der Waals surface area contributed by atoms with E-state index in [2.05, 4.69) is 66.8 Å². The van der Waals surface area contributed by atoms with Gasteiger partial charge in [-0.2, -0.15) is 0 Å². The summed E-state index contributed by atoms with van der Waals surface area (Å²) in [6, 6.07) is 19.2. The highest BCUT2D eigenvalue weighted by Gasteiger charge is 1.98. The van der Waals surface area contributed by atoms with E-state index in [9.17, 15) is 0 Å². The van der Waals surface area contributed by atoms with Gasteiger partial charge in [0, 0.05) is 6.54 Å². The van der Waals surface area contributed by atoms with Crippen molar-refractivity contribution in [3.8, 4) is 5.75 Å². The Balaban J connectivity index is 1.58. The molecule has 0 aromatic heterocycles. The zero-order valence-corrected chi connectivity index (χ0v) is 15.7. The van der Waals surface area contributed by atoms with Crippen LogP contribution in [0.1, 0.15) is 56.6 Å². The van der Waals surface area contributed by atoms with Gasteiger partial charge in [-0.25, -0.2) is 0 Å². The lowest BCUT2D eigenvalue weighted by Gasteiger charge is -2.09. The molecular weight excluding hydrogens is 306 g/mol. The summed E-state index contributed by atoms with van der Waals surface area (Å²) < 4.78 is 5.88. The van der Waals surface area contributed by atoms with Crippen LogP contribution in [0, 0.1) is 0 Å². The summed E-state index contributed by atoms with van der Waals surface area (Å²) in [4.78, 5) is 0. The van der Waals surface area contributed by atoms with Gasteiger partial charge < -0.3 is 10.1 Å². The third-order valence-electron chi connectivity index (χ3n) is 4.41. The summed E-state index contributed by atoms with van der Waals surface area (Å²) in [6.07, 6.45) is 8.69. The summed E-state index contributed by atoms with van der Waals surface area (Å²) in [7, 11) is 0. The van der Waals surface area contributed by atoms with Gasteiger partial charge in [-0.05, 0) is 49.1 Å². The van der Waals surface area contributed by atoms with Gasteiger partial charge in [-0.15, -0.1) is 0 Å². The van der Waals surface area contributed by atoms with Crippen molar-refractivity contribution in [2.45, 2.75) is 58.4 Å². The number of nitrogens with one attached hydrogen (secondary N) is 1. The summed E-state index contributed by atoms with van der Waals surface area (Å²) in [6.45, 7) is 5.02. The van der Waals surface area contributed by atoms with E-state index >= 15 is 0 Å². The maximum atomic E-state index is 5.88. The molecule has 0 unspecified atom stereocenters. The molecule has 2 nitrogen and oxygen atoms in total. The number of hydrogen-bond donors (Lipinski definition) is 1. The largest absolute Gasteiger partial charge is 0.494 e. The van der Waals surface area contributed by atoms with Gasteiger partial charge in [0.2, 0.25) is 0 Å². The van der Waals surface area contributed by atoms with Crippen LogP contribution < -0.4 is 10.1 Å². The van der Waals surface area contributed by atoms with Gasteiger partial charge >= 0.3 is 0 Å². The second-order valence-corrected chi connectivity index (χ2v) is 6.68. The maximum absolute atomic E-state index is 5.88. The minimum absolute atomic E-state index is 0.831. The third kappa shape index (κ3) is 8.74. The van der Waals surface area contributed by atoms with Crippen molar-refractivity contribution in [3.63, 3.8) is 0 Å². The average molecular weight is 340 g/mol. The smallest absolute Gasteiger partial charge is 0.119 e. The van der Waals surface area contributed by atoms with Crippen LogP contribution in [-0.4, -0.2) is 13.2 Å². The Hall–Kier alpha value is -1.80. The Morgan fingerprint density at radius 1 is 0.800 bits per heavy atom. The topological polar surface area (TPSA) is 21.3 Å². The summed E-state index contributed by atoms with van der Waals surface area (Å²) >= 11 is 0. The van der Waals surface area contributed by atoms with Crippen LogP contribution in [-0.2, 0) is 13.0 Å². The van der Waals surface area contributed by atoms with Crippen molar-refractivity contribution >= 4 is 0 Å². The first-order valence-electron chi connectivity index (χ1n) is 9.85. The molecule has 0 aliphatic rings. The standard InChI is InChI=1S/C23H33NO/c1-2-3-4-5-9-18-25-23-16-10-14-22(19-23)20-24-17-11-15-21-12-7-6-8-13-21/h6-8,10,12-14,16,19,24H,2-5,9,11,15,17-18,20H2,1H3. The van der Waals surface area contributed by atoms with Crippen molar-refractivity contribution in [2.75, 3.05) is 13.2 Å². The predicted molar refractivity (Wildman–Crippen MR) is 107 cm³/mol. The minimum Gasteiger partial charge on any atom is -0.494 e. The summed E-state index contributed by atoms with van der Waals surface area (Å²) in [5, 5.41) is 3.53. The zero-order valence-electron chi connectivity index (χ0n) is 15.7. The lowest BCUT2D eigenvalue weighted by atomic mass is 10.1. The highest BCUT2D eigenvalue weighted by atomic mass is 16.5. The Morgan fingerprint density at radius 2 is 1.60 bits per heavy atom. The van der Waals surface area contributed by atoms with Gasteiger partial charge in [0.1, 0.15) is 5.75 Å². The number of ether oxygens (including phenoxy) is 1. The Bertz CT molecular complexity index is 567. The Labute approximate surface area is 153 Å². The molecule has 0 aliphatic heterocycles. The first-order valence-corrected chi connectivity index (χ1v) is 9.85. The molecule has 0 saturated carbocycles. The van der Waals surface area contributed by atoms with Gasteiger partial charge in [-0.3, -0.25) is 0 Å². The molecule has 0 aliphatic carbocycles. The SMILES string of the molecule is CCCCCCCOc1cccc(CNCCCc2ccccc2)c1. The number of unbranched alkanes of at least 4 members (excludes halogenated alkanes) is 4. The zero-order chi connectivity index (χ0) is 17.6. The lowest BCUT2D eigenvalue weighted by molar-refractivity contribution is 0.304. The quantitative estimate of drug-likeness (QED) is 0.469. The van der Waals surface area contributed by atoms with Crippen LogP contribution in [0.2, 0.25) is 0 Å². The van der Waals surface area contributed by atoms with Gasteiger partial charge in [0.05, 0.1) is 6.61 Å². The molecule has 136 valence electrons.